The molecule has 1 saturated carbocycles. The van der Waals surface area contributed by atoms with Crippen LogP contribution in [0.1, 0.15) is 62.4 Å². The number of hydrogen-bond acceptors (Lipinski definition) is 2. The number of nitrogens with one attached hydrogen (secondary N) is 2. The molecule has 0 atom stereocenters. The molecule has 0 saturated heterocycles. The molecule has 2 N–H and O–H groups in total. The largest absolute Gasteiger partial charge is 0.361 e. The molecule has 0 bridgehead atoms. The van der Waals surface area contributed by atoms with Crippen LogP contribution in [0.15, 0.2) is 60.8 Å². The van der Waals surface area contributed by atoms with Gasteiger partial charge in [-0.3, -0.25) is 9.59 Å². The summed E-state index contributed by atoms with van der Waals surface area (Å²) in [5.41, 5.74) is 1.71. The van der Waals surface area contributed by atoms with Gasteiger partial charge in [-0.15, -0.1) is 0 Å². The Labute approximate surface area is 190 Å². The molecule has 0 unspecified atom stereocenters. The summed E-state index contributed by atoms with van der Waals surface area (Å²) in [5.74, 6) is -0.109. The van der Waals surface area contributed by atoms with Crippen LogP contribution in [-0.4, -0.2) is 39.3 Å². The van der Waals surface area contributed by atoms with Crippen molar-refractivity contribution in [1.29, 1.82) is 0 Å². The minimum Gasteiger partial charge on any atom is -0.361 e. The third-order valence-corrected chi connectivity index (χ3v) is 6.40. The van der Waals surface area contributed by atoms with Crippen LogP contribution in [0.25, 0.3) is 10.9 Å². The summed E-state index contributed by atoms with van der Waals surface area (Å²) in [7, 11) is 0. The molecule has 1 aromatic heterocycles. The number of H-pyrrole nitrogens is 1. The van der Waals surface area contributed by atoms with Crippen LogP contribution in [0.4, 0.5) is 0 Å². The maximum absolute atomic E-state index is 13.8. The van der Waals surface area contributed by atoms with E-state index in [4.69, 9.17) is 0 Å². The Kier molecular flexibility index (Phi) is 6.09. The molecule has 1 aliphatic carbocycles. The maximum Gasteiger partial charge on any atom is 0.254 e. The fourth-order valence-electron chi connectivity index (χ4n) is 4.85. The third-order valence-electron chi connectivity index (χ3n) is 6.40. The molecule has 168 valence electrons. The number of aromatic nitrogens is 1. The lowest BCUT2D eigenvalue weighted by Gasteiger charge is -2.42. The Morgan fingerprint density at radius 3 is 2.34 bits per heavy atom. The summed E-state index contributed by atoms with van der Waals surface area (Å²) in [5, 5.41) is 4.34. The zero-order valence-corrected chi connectivity index (χ0v) is 19.3. The molecule has 2 amide bonds. The number of rotatable bonds is 6. The van der Waals surface area contributed by atoms with Gasteiger partial charge < -0.3 is 15.2 Å². The summed E-state index contributed by atoms with van der Waals surface area (Å²) < 4.78 is 0. The Morgan fingerprint density at radius 1 is 1.00 bits per heavy atom. The van der Waals surface area contributed by atoms with Crippen molar-refractivity contribution in [3.05, 3.63) is 71.9 Å². The molecular formula is C27H33N3O2. The molecule has 0 radical (unpaired) electrons. The van der Waals surface area contributed by atoms with Crippen molar-refractivity contribution in [2.75, 3.05) is 6.54 Å². The second-order valence-corrected chi connectivity index (χ2v) is 9.88. The van der Waals surface area contributed by atoms with Gasteiger partial charge in [0.2, 0.25) is 5.91 Å². The highest BCUT2D eigenvalue weighted by molar-refractivity contribution is 5.99. The zero-order valence-electron chi connectivity index (χ0n) is 19.3. The molecule has 1 heterocycles. The highest BCUT2D eigenvalue weighted by Gasteiger charge is 2.49. The molecular weight excluding hydrogens is 398 g/mol. The van der Waals surface area contributed by atoms with Gasteiger partial charge in [0.25, 0.3) is 5.91 Å². The molecule has 4 rings (SSSR count). The molecule has 0 spiro atoms. The Balaban J connectivity index is 1.69. The summed E-state index contributed by atoms with van der Waals surface area (Å²) in [6.07, 6.45) is 5.99. The first-order valence-corrected chi connectivity index (χ1v) is 11.5. The van der Waals surface area contributed by atoms with Gasteiger partial charge in [0, 0.05) is 34.7 Å². The zero-order chi connectivity index (χ0) is 22.8. The number of carbonyl (C=O) groups excluding carboxylic acids is 2. The van der Waals surface area contributed by atoms with E-state index < -0.39 is 5.54 Å². The smallest absolute Gasteiger partial charge is 0.254 e. The lowest BCUT2D eigenvalue weighted by molar-refractivity contribution is -0.133. The Bertz CT molecular complexity index is 1090. The highest BCUT2D eigenvalue weighted by atomic mass is 16.2. The SMILES string of the molecule is CC(C)(C)NC(=O)C1(N(CCc2c[nH]c3ccccc23)C(=O)c2ccccc2)CCCC1. The summed E-state index contributed by atoms with van der Waals surface area (Å²) in [4.78, 5) is 32.6. The van der Waals surface area contributed by atoms with Gasteiger partial charge in [-0.05, 0) is 63.8 Å². The van der Waals surface area contributed by atoms with Gasteiger partial charge in [-0.1, -0.05) is 49.2 Å². The van der Waals surface area contributed by atoms with E-state index in [-0.39, 0.29) is 17.4 Å². The number of hydrogen-bond donors (Lipinski definition) is 2. The Hall–Kier alpha value is -3.08. The van der Waals surface area contributed by atoms with Crippen LogP contribution >= 0.6 is 0 Å². The molecule has 5 nitrogen and oxygen atoms in total. The lowest BCUT2D eigenvalue weighted by Crippen LogP contribution is -2.62. The van der Waals surface area contributed by atoms with E-state index in [2.05, 4.69) is 22.4 Å². The standard InChI is InChI=1S/C27H33N3O2/c1-26(2,3)29-25(32)27(16-9-10-17-27)30(24(31)20-11-5-4-6-12-20)18-15-21-19-28-23-14-8-7-13-22(21)23/h4-8,11-14,19,28H,9-10,15-18H2,1-3H3,(H,29,32). The van der Waals surface area contributed by atoms with Gasteiger partial charge in [0.1, 0.15) is 5.54 Å². The first-order chi connectivity index (χ1) is 15.3. The number of aromatic amines is 1. The van der Waals surface area contributed by atoms with Crippen molar-refractivity contribution in [3.63, 3.8) is 0 Å². The third kappa shape index (κ3) is 4.43. The molecule has 5 heteroatoms. The number of carbonyl (C=O) groups is 2. The molecule has 1 aliphatic rings. The van der Waals surface area contributed by atoms with Crippen molar-refractivity contribution in [3.8, 4) is 0 Å². The number of nitrogens with zero attached hydrogens (tertiary/aromatic N) is 1. The predicted molar refractivity (Wildman–Crippen MR) is 129 cm³/mol. The van der Waals surface area contributed by atoms with Gasteiger partial charge in [0.15, 0.2) is 0 Å². The molecule has 32 heavy (non-hydrogen) atoms. The second-order valence-electron chi connectivity index (χ2n) is 9.88. The van der Waals surface area contributed by atoms with E-state index >= 15 is 0 Å². The van der Waals surface area contributed by atoms with Gasteiger partial charge in [0.05, 0.1) is 0 Å². The first-order valence-electron chi connectivity index (χ1n) is 11.5. The number of benzene rings is 2. The van der Waals surface area contributed by atoms with Gasteiger partial charge in [-0.25, -0.2) is 0 Å². The van der Waals surface area contributed by atoms with Crippen LogP contribution in [0.3, 0.4) is 0 Å². The van der Waals surface area contributed by atoms with Crippen molar-refractivity contribution in [2.45, 2.75) is 64.0 Å². The summed E-state index contributed by atoms with van der Waals surface area (Å²) in [6.45, 7) is 6.46. The van der Waals surface area contributed by atoms with Crippen LogP contribution < -0.4 is 5.32 Å². The second kappa shape index (κ2) is 8.81. The lowest BCUT2D eigenvalue weighted by atomic mass is 9.90. The van der Waals surface area contributed by atoms with Crippen molar-refractivity contribution < 1.29 is 9.59 Å². The van der Waals surface area contributed by atoms with E-state index in [0.717, 1.165) is 23.9 Å². The van der Waals surface area contributed by atoms with Gasteiger partial charge in [-0.2, -0.15) is 0 Å². The summed E-state index contributed by atoms with van der Waals surface area (Å²) >= 11 is 0. The summed E-state index contributed by atoms with van der Waals surface area (Å²) in [6, 6.07) is 17.5. The van der Waals surface area contributed by atoms with Crippen molar-refractivity contribution >= 4 is 22.7 Å². The van der Waals surface area contributed by atoms with E-state index in [0.29, 0.717) is 31.4 Å². The quantitative estimate of drug-likeness (QED) is 0.572. The average Bonchev–Trinajstić information content (AvgIpc) is 3.42. The molecule has 1 fully saturated rings. The first kappa shape index (κ1) is 22.1. The van der Waals surface area contributed by atoms with E-state index in [1.165, 1.54) is 5.39 Å². The van der Waals surface area contributed by atoms with E-state index in [1.54, 1.807) is 0 Å². The minimum absolute atomic E-state index is 0.0364. The fourth-order valence-corrected chi connectivity index (χ4v) is 4.85. The highest BCUT2D eigenvalue weighted by Crippen LogP contribution is 2.37. The van der Waals surface area contributed by atoms with Crippen LogP contribution in [-0.2, 0) is 11.2 Å². The minimum atomic E-state index is -0.813. The van der Waals surface area contributed by atoms with E-state index in [9.17, 15) is 9.59 Å². The molecule has 2 aromatic carbocycles. The topological polar surface area (TPSA) is 65.2 Å². The number of amides is 2. The number of fused-ring (bicyclic) bond motifs is 1. The van der Waals surface area contributed by atoms with Gasteiger partial charge >= 0.3 is 0 Å². The normalized spacial score (nSPS) is 15.6. The predicted octanol–water partition coefficient (Wildman–Crippen LogP) is 5.08. The molecule has 0 aliphatic heterocycles. The Morgan fingerprint density at radius 2 is 1.66 bits per heavy atom. The van der Waals surface area contributed by atoms with Crippen molar-refractivity contribution in [1.82, 2.24) is 15.2 Å². The van der Waals surface area contributed by atoms with Crippen LogP contribution in [0.2, 0.25) is 0 Å². The monoisotopic (exact) mass is 431 g/mol. The molecule has 3 aromatic rings. The number of para-hydroxylation sites is 1. The average molecular weight is 432 g/mol. The van der Waals surface area contributed by atoms with Crippen molar-refractivity contribution in [2.24, 2.45) is 0 Å². The fraction of sp³-hybridized carbons (Fsp3) is 0.407. The van der Waals surface area contributed by atoms with Crippen LogP contribution in [0, 0.1) is 0 Å². The van der Waals surface area contributed by atoms with E-state index in [1.807, 2.05) is 74.3 Å². The van der Waals surface area contributed by atoms with Crippen LogP contribution in [0.5, 0.6) is 0 Å². The maximum atomic E-state index is 13.8.